The fourth-order valence-electron chi connectivity index (χ4n) is 3.79. The van der Waals surface area contributed by atoms with Crippen LogP contribution in [0.3, 0.4) is 0 Å². The van der Waals surface area contributed by atoms with Crippen LogP contribution in [0.15, 0.2) is 12.4 Å². The third-order valence-electron chi connectivity index (χ3n) is 5.55. The highest BCUT2D eigenvalue weighted by atomic mass is 15.1. The molecule has 0 amide bonds. The average molecular weight is 364 g/mol. The Labute approximate surface area is 164 Å². The molecule has 2 heteroatoms. The van der Waals surface area contributed by atoms with Crippen LogP contribution in [0.2, 0.25) is 0 Å². The van der Waals surface area contributed by atoms with E-state index in [1.807, 2.05) is 0 Å². The lowest BCUT2D eigenvalue weighted by atomic mass is 10.0. The van der Waals surface area contributed by atoms with E-state index in [9.17, 15) is 0 Å². The van der Waals surface area contributed by atoms with E-state index >= 15 is 0 Å². The standard InChI is InChI=1S/C24H46N2/c1-4-5-6-7-14-17-21-26-22-20-25-24(26)19-16-13-11-9-8-10-12-15-18-23(2)3/h20,22-23H,4-19,21H2,1-3H3/p+1. The first-order chi connectivity index (χ1) is 12.7. The molecule has 1 rings (SSSR count). The number of hydrogen-bond acceptors (Lipinski definition) is 0. The molecule has 1 heterocycles. The van der Waals surface area contributed by atoms with Crippen molar-refractivity contribution >= 4 is 0 Å². The number of hydrogen-bond donors (Lipinski definition) is 1. The molecule has 0 radical (unpaired) electrons. The van der Waals surface area contributed by atoms with Gasteiger partial charge < -0.3 is 0 Å². The summed E-state index contributed by atoms with van der Waals surface area (Å²) in [5.74, 6) is 2.32. The van der Waals surface area contributed by atoms with Crippen LogP contribution in [-0.2, 0) is 13.0 Å². The van der Waals surface area contributed by atoms with Gasteiger partial charge in [-0.05, 0) is 25.2 Å². The van der Waals surface area contributed by atoms with Crippen molar-refractivity contribution in [3.05, 3.63) is 18.2 Å². The highest BCUT2D eigenvalue weighted by Crippen LogP contribution is 2.13. The number of nitrogens with one attached hydrogen (secondary N) is 1. The van der Waals surface area contributed by atoms with Gasteiger partial charge in [-0.3, -0.25) is 0 Å². The van der Waals surface area contributed by atoms with Gasteiger partial charge in [-0.2, -0.15) is 0 Å². The second-order valence-corrected chi connectivity index (χ2v) is 8.63. The number of imidazole rings is 1. The Hall–Kier alpha value is -0.790. The largest absolute Gasteiger partial charge is 0.254 e. The quantitative estimate of drug-likeness (QED) is 0.207. The number of rotatable bonds is 18. The first-order valence-corrected chi connectivity index (χ1v) is 11.8. The number of aromatic amines is 1. The Morgan fingerprint density at radius 3 is 2.00 bits per heavy atom. The van der Waals surface area contributed by atoms with E-state index in [-0.39, 0.29) is 0 Å². The van der Waals surface area contributed by atoms with Crippen molar-refractivity contribution in [2.75, 3.05) is 0 Å². The molecule has 152 valence electrons. The molecule has 0 saturated heterocycles. The lowest BCUT2D eigenvalue weighted by molar-refractivity contribution is -0.703. The molecule has 0 saturated carbocycles. The van der Waals surface area contributed by atoms with Gasteiger partial charge in [0.05, 0.1) is 6.54 Å². The number of aryl methyl sites for hydroxylation is 2. The predicted octanol–water partition coefficient (Wildman–Crippen LogP) is 7.37. The second-order valence-electron chi connectivity index (χ2n) is 8.63. The molecule has 0 unspecified atom stereocenters. The van der Waals surface area contributed by atoms with E-state index in [1.165, 1.54) is 115 Å². The van der Waals surface area contributed by atoms with E-state index < -0.39 is 0 Å². The number of unbranched alkanes of at least 4 members (excludes halogenated alkanes) is 12. The zero-order chi connectivity index (χ0) is 18.9. The first-order valence-electron chi connectivity index (χ1n) is 11.8. The molecule has 0 aliphatic carbocycles. The van der Waals surface area contributed by atoms with Crippen molar-refractivity contribution in [3.8, 4) is 0 Å². The summed E-state index contributed by atoms with van der Waals surface area (Å²) in [5, 5.41) is 0. The molecule has 2 nitrogen and oxygen atoms in total. The third-order valence-corrected chi connectivity index (χ3v) is 5.55. The normalized spacial score (nSPS) is 11.5. The van der Waals surface area contributed by atoms with Crippen LogP contribution < -0.4 is 4.57 Å². The Bertz CT molecular complexity index is 408. The smallest absolute Gasteiger partial charge is 0.248 e. The summed E-state index contributed by atoms with van der Waals surface area (Å²) >= 11 is 0. The summed E-state index contributed by atoms with van der Waals surface area (Å²) in [6, 6.07) is 0. The van der Waals surface area contributed by atoms with Crippen LogP contribution in [0.4, 0.5) is 0 Å². The summed E-state index contributed by atoms with van der Waals surface area (Å²) in [6.07, 6.45) is 26.6. The van der Waals surface area contributed by atoms with Crippen LogP contribution in [0, 0.1) is 5.92 Å². The molecular formula is C24H47N2+. The molecule has 1 N–H and O–H groups in total. The zero-order valence-electron chi connectivity index (χ0n) is 18.2. The topological polar surface area (TPSA) is 19.7 Å². The van der Waals surface area contributed by atoms with E-state index in [2.05, 4.69) is 42.7 Å². The molecule has 0 aromatic carbocycles. The SMILES string of the molecule is CCCCCCCC[n+]1cc[nH]c1CCCCCCCCCCC(C)C. The fourth-order valence-corrected chi connectivity index (χ4v) is 3.79. The van der Waals surface area contributed by atoms with Crippen molar-refractivity contribution in [1.82, 2.24) is 4.98 Å². The van der Waals surface area contributed by atoms with Crippen LogP contribution in [0.1, 0.15) is 123 Å². The fraction of sp³-hybridized carbons (Fsp3) is 0.875. The lowest BCUT2D eigenvalue weighted by Crippen LogP contribution is -2.36. The minimum Gasteiger partial charge on any atom is -0.248 e. The molecule has 0 aliphatic heterocycles. The van der Waals surface area contributed by atoms with Gasteiger partial charge in [-0.25, -0.2) is 9.55 Å². The molecule has 0 fully saturated rings. The van der Waals surface area contributed by atoms with Gasteiger partial charge in [0.2, 0.25) is 0 Å². The zero-order valence-corrected chi connectivity index (χ0v) is 18.2. The van der Waals surface area contributed by atoms with E-state index in [0.29, 0.717) is 0 Å². The minimum absolute atomic E-state index is 0.881. The molecular weight excluding hydrogens is 316 g/mol. The third kappa shape index (κ3) is 12.5. The number of nitrogens with zero attached hydrogens (tertiary/aromatic N) is 1. The highest BCUT2D eigenvalue weighted by molar-refractivity contribution is 4.77. The molecule has 1 aromatic heterocycles. The van der Waals surface area contributed by atoms with E-state index in [1.54, 1.807) is 0 Å². The van der Waals surface area contributed by atoms with Gasteiger partial charge in [0, 0.05) is 6.42 Å². The average Bonchev–Trinajstić information content (AvgIpc) is 3.06. The summed E-state index contributed by atoms with van der Waals surface area (Å²) in [7, 11) is 0. The van der Waals surface area contributed by atoms with Crippen LogP contribution in [-0.4, -0.2) is 4.98 Å². The highest BCUT2D eigenvalue weighted by Gasteiger charge is 2.09. The minimum atomic E-state index is 0.881. The molecule has 0 atom stereocenters. The van der Waals surface area contributed by atoms with E-state index in [0.717, 1.165) is 5.92 Å². The monoisotopic (exact) mass is 363 g/mol. The van der Waals surface area contributed by atoms with Gasteiger partial charge in [0.1, 0.15) is 12.4 Å². The molecule has 0 bridgehead atoms. The summed E-state index contributed by atoms with van der Waals surface area (Å²) in [4.78, 5) is 3.46. The van der Waals surface area contributed by atoms with Gasteiger partial charge in [-0.1, -0.05) is 97.8 Å². The van der Waals surface area contributed by atoms with Crippen molar-refractivity contribution in [3.63, 3.8) is 0 Å². The van der Waals surface area contributed by atoms with Crippen molar-refractivity contribution < 1.29 is 4.57 Å². The number of H-pyrrole nitrogens is 1. The van der Waals surface area contributed by atoms with Crippen LogP contribution >= 0.6 is 0 Å². The maximum Gasteiger partial charge on any atom is 0.254 e. The Morgan fingerprint density at radius 1 is 0.769 bits per heavy atom. The molecule has 26 heavy (non-hydrogen) atoms. The Kier molecular flexibility index (Phi) is 14.7. The van der Waals surface area contributed by atoms with Crippen LogP contribution in [0.25, 0.3) is 0 Å². The lowest BCUT2D eigenvalue weighted by Gasteiger charge is -2.04. The number of aromatic nitrogens is 2. The van der Waals surface area contributed by atoms with Crippen molar-refractivity contribution in [2.24, 2.45) is 5.92 Å². The van der Waals surface area contributed by atoms with Gasteiger partial charge in [0.25, 0.3) is 5.82 Å². The Balaban J connectivity index is 1.97. The van der Waals surface area contributed by atoms with Crippen molar-refractivity contribution in [2.45, 2.75) is 130 Å². The molecule has 0 spiro atoms. The molecule has 0 aliphatic rings. The molecule has 1 aromatic rings. The van der Waals surface area contributed by atoms with E-state index in [4.69, 9.17) is 0 Å². The van der Waals surface area contributed by atoms with Gasteiger partial charge in [0.15, 0.2) is 0 Å². The van der Waals surface area contributed by atoms with Crippen LogP contribution in [0.5, 0.6) is 0 Å². The second kappa shape index (κ2) is 16.4. The summed E-state index contributed by atoms with van der Waals surface area (Å²) < 4.78 is 2.45. The summed E-state index contributed by atoms with van der Waals surface area (Å²) in [5.41, 5.74) is 0. The summed E-state index contributed by atoms with van der Waals surface area (Å²) in [6.45, 7) is 8.15. The maximum atomic E-state index is 3.46. The van der Waals surface area contributed by atoms with Gasteiger partial charge in [-0.15, -0.1) is 0 Å². The first kappa shape index (κ1) is 23.2. The van der Waals surface area contributed by atoms with Crippen molar-refractivity contribution in [1.29, 1.82) is 0 Å². The Morgan fingerprint density at radius 2 is 1.35 bits per heavy atom. The van der Waals surface area contributed by atoms with Gasteiger partial charge >= 0.3 is 0 Å². The maximum absolute atomic E-state index is 3.46. The predicted molar refractivity (Wildman–Crippen MR) is 114 cm³/mol.